The van der Waals surface area contributed by atoms with Crippen LogP contribution in [0.1, 0.15) is 25.5 Å². The summed E-state index contributed by atoms with van der Waals surface area (Å²) in [6.45, 7) is 3.67. The molecule has 0 aliphatic rings. The van der Waals surface area contributed by atoms with Gasteiger partial charge in [-0.25, -0.2) is 4.98 Å². The summed E-state index contributed by atoms with van der Waals surface area (Å²) in [6.07, 6.45) is 0. The Kier molecular flexibility index (Phi) is 2.85. The second kappa shape index (κ2) is 3.91. The second-order valence-corrected chi connectivity index (χ2v) is 3.11. The Labute approximate surface area is 80.1 Å². The molecule has 14 heavy (non-hydrogen) atoms. The van der Waals surface area contributed by atoms with Gasteiger partial charge in [0.05, 0.1) is 16.7 Å². The number of aromatic nitrogens is 1. The predicted octanol–water partition coefficient (Wildman–Crippen LogP) is 2.51. The van der Waals surface area contributed by atoms with E-state index in [0.29, 0.717) is 5.69 Å². The van der Waals surface area contributed by atoms with Crippen molar-refractivity contribution in [2.24, 2.45) is 5.18 Å². The van der Waals surface area contributed by atoms with E-state index in [1.54, 1.807) is 0 Å². The van der Waals surface area contributed by atoms with Crippen molar-refractivity contribution in [1.82, 2.24) is 4.98 Å². The lowest BCUT2D eigenvalue weighted by molar-refractivity contribution is -0.384. The van der Waals surface area contributed by atoms with Gasteiger partial charge in [-0.15, -0.1) is 4.91 Å². The third kappa shape index (κ3) is 2.09. The van der Waals surface area contributed by atoms with Gasteiger partial charge in [-0.2, -0.15) is 0 Å². The molecule has 1 aromatic rings. The normalized spacial score (nSPS) is 10.2. The SMILES string of the molecule is CC(C)c1cc([N+](=O)[O-])cc(N=O)n1. The molecule has 0 saturated carbocycles. The Bertz CT molecular complexity index is 376. The lowest BCUT2D eigenvalue weighted by Crippen LogP contribution is -1.95. The summed E-state index contributed by atoms with van der Waals surface area (Å²) < 4.78 is 0. The first-order valence-electron chi connectivity index (χ1n) is 4.04. The van der Waals surface area contributed by atoms with Crippen LogP contribution in [0.15, 0.2) is 17.3 Å². The average Bonchev–Trinajstić information content (AvgIpc) is 2.16. The highest BCUT2D eigenvalue weighted by atomic mass is 16.6. The van der Waals surface area contributed by atoms with Gasteiger partial charge in [0, 0.05) is 6.07 Å². The zero-order chi connectivity index (χ0) is 10.7. The van der Waals surface area contributed by atoms with E-state index in [-0.39, 0.29) is 17.4 Å². The molecule has 1 heterocycles. The van der Waals surface area contributed by atoms with Gasteiger partial charge in [0.25, 0.3) is 5.69 Å². The van der Waals surface area contributed by atoms with Gasteiger partial charge >= 0.3 is 0 Å². The van der Waals surface area contributed by atoms with Crippen molar-refractivity contribution in [3.8, 4) is 0 Å². The van der Waals surface area contributed by atoms with Crippen LogP contribution in [0.3, 0.4) is 0 Å². The van der Waals surface area contributed by atoms with E-state index in [9.17, 15) is 15.0 Å². The van der Waals surface area contributed by atoms with E-state index in [2.05, 4.69) is 10.2 Å². The first-order valence-corrected chi connectivity index (χ1v) is 4.04. The molecule has 0 spiro atoms. The first-order chi connectivity index (χ1) is 6.54. The molecule has 0 saturated heterocycles. The summed E-state index contributed by atoms with van der Waals surface area (Å²) in [5, 5.41) is 13.1. The highest BCUT2D eigenvalue weighted by molar-refractivity contribution is 5.43. The van der Waals surface area contributed by atoms with E-state index in [0.717, 1.165) is 6.07 Å². The molecular formula is C8H9N3O3. The topological polar surface area (TPSA) is 85.5 Å². The lowest BCUT2D eigenvalue weighted by Gasteiger charge is -2.03. The van der Waals surface area contributed by atoms with Crippen LogP contribution in [-0.2, 0) is 0 Å². The monoisotopic (exact) mass is 195 g/mol. The molecule has 6 heteroatoms. The number of hydrogen-bond donors (Lipinski definition) is 0. The third-order valence-corrected chi connectivity index (χ3v) is 1.71. The van der Waals surface area contributed by atoms with Gasteiger partial charge < -0.3 is 0 Å². The van der Waals surface area contributed by atoms with E-state index < -0.39 is 4.92 Å². The van der Waals surface area contributed by atoms with Crippen LogP contribution < -0.4 is 0 Å². The number of nitrogens with zero attached hydrogens (tertiary/aromatic N) is 3. The summed E-state index contributed by atoms with van der Waals surface area (Å²) in [6, 6.07) is 2.40. The Morgan fingerprint density at radius 3 is 2.57 bits per heavy atom. The van der Waals surface area contributed by atoms with Crippen LogP contribution in [0.4, 0.5) is 11.5 Å². The van der Waals surface area contributed by atoms with Gasteiger partial charge in [-0.3, -0.25) is 10.1 Å². The molecule has 74 valence electrons. The van der Waals surface area contributed by atoms with Crippen molar-refractivity contribution in [2.75, 3.05) is 0 Å². The zero-order valence-corrected chi connectivity index (χ0v) is 7.80. The van der Waals surface area contributed by atoms with E-state index in [4.69, 9.17) is 0 Å². The van der Waals surface area contributed by atoms with Crippen LogP contribution >= 0.6 is 0 Å². The van der Waals surface area contributed by atoms with Crippen molar-refractivity contribution in [1.29, 1.82) is 0 Å². The summed E-state index contributed by atoms with van der Waals surface area (Å²) in [5.41, 5.74) is 0.340. The molecule has 0 aliphatic heterocycles. The molecule has 1 aromatic heterocycles. The minimum absolute atomic E-state index is 0.0235. The minimum Gasteiger partial charge on any atom is -0.258 e. The number of rotatable bonds is 3. The summed E-state index contributed by atoms with van der Waals surface area (Å²) >= 11 is 0. The highest BCUT2D eigenvalue weighted by Crippen LogP contribution is 2.23. The molecule has 0 aliphatic carbocycles. The molecule has 0 aromatic carbocycles. The standard InChI is InChI=1S/C8H9N3O3/c1-5(2)7-3-6(11(13)14)4-8(9-7)10-12/h3-5H,1-2H3. The molecule has 0 radical (unpaired) electrons. The van der Waals surface area contributed by atoms with Crippen molar-refractivity contribution in [3.05, 3.63) is 32.8 Å². The predicted molar refractivity (Wildman–Crippen MR) is 50.4 cm³/mol. The van der Waals surface area contributed by atoms with Crippen molar-refractivity contribution in [3.63, 3.8) is 0 Å². The van der Waals surface area contributed by atoms with Gasteiger partial charge in [0.1, 0.15) is 0 Å². The molecule has 0 fully saturated rings. The molecule has 0 bridgehead atoms. The van der Waals surface area contributed by atoms with Crippen molar-refractivity contribution in [2.45, 2.75) is 19.8 Å². The third-order valence-electron chi connectivity index (χ3n) is 1.71. The minimum atomic E-state index is -0.567. The molecule has 0 atom stereocenters. The van der Waals surface area contributed by atoms with Gasteiger partial charge in [0.2, 0.25) is 5.82 Å². The molecule has 0 N–H and O–H groups in total. The molecule has 6 nitrogen and oxygen atoms in total. The summed E-state index contributed by atoms with van der Waals surface area (Å²) in [4.78, 5) is 24.0. The van der Waals surface area contributed by atoms with Crippen LogP contribution in [0.5, 0.6) is 0 Å². The Morgan fingerprint density at radius 2 is 2.14 bits per heavy atom. The number of nitroso groups, excluding NO2 is 1. The lowest BCUT2D eigenvalue weighted by atomic mass is 10.1. The van der Waals surface area contributed by atoms with E-state index >= 15 is 0 Å². The number of hydrogen-bond acceptors (Lipinski definition) is 5. The van der Waals surface area contributed by atoms with Crippen LogP contribution in [-0.4, -0.2) is 9.91 Å². The summed E-state index contributed by atoms with van der Waals surface area (Å²) in [5.74, 6) is -0.127. The molecular weight excluding hydrogens is 186 g/mol. The fourth-order valence-corrected chi connectivity index (χ4v) is 0.970. The number of pyridine rings is 1. The Hall–Kier alpha value is -1.85. The van der Waals surface area contributed by atoms with Gasteiger partial charge in [-0.05, 0) is 11.1 Å². The maximum absolute atomic E-state index is 10.5. The largest absolute Gasteiger partial charge is 0.275 e. The van der Waals surface area contributed by atoms with Crippen molar-refractivity contribution >= 4 is 11.5 Å². The smallest absolute Gasteiger partial charge is 0.258 e. The fourth-order valence-electron chi connectivity index (χ4n) is 0.970. The van der Waals surface area contributed by atoms with Crippen LogP contribution in [0, 0.1) is 15.0 Å². The fraction of sp³-hybridized carbons (Fsp3) is 0.375. The second-order valence-electron chi connectivity index (χ2n) is 3.11. The zero-order valence-electron chi connectivity index (χ0n) is 7.80. The average molecular weight is 195 g/mol. The Balaban J connectivity index is 3.27. The van der Waals surface area contributed by atoms with Crippen LogP contribution in [0.25, 0.3) is 0 Å². The van der Waals surface area contributed by atoms with Gasteiger partial charge in [-0.1, -0.05) is 13.8 Å². The van der Waals surface area contributed by atoms with Crippen molar-refractivity contribution < 1.29 is 4.92 Å². The van der Waals surface area contributed by atoms with E-state index in [1.165, 1.54) is 6.07 Å². The van der Waals surface area contributed by atoms with E-state index in [1.807, 2.05) is 13.8 Å². The molecule has 1 rings (SSSR count). The molecule has 0 unspecified atom stereocenters. The maximum atomic E-state index is 10.5. The van der Waals surface area contributed by atoms with Gasteiger partial charge in [0.15, 0.2) is 0 Å². The maximum Gasteiger partial charge on any atom is 0.275 e. The van der Waals surface area contributed by atoms with Crippen LogP contribution in [0.2, 0.25) is 0 Å². The quantitative estimate of drug-likeness (QED) is 0.421. The number of nitro groups is 1. The molecule has 0 amide bonds. The Morgan fingerprint density at radius 1 is 1.50 bits per heavy atom. The summed E-state index contributed by atoms with van der Waals surface area (Å²) in [7, 11) is 0. The highest BCUT2D eigenvalue weighted by Gasteiger charge is 2.13. The first kappa shape index (κ1) is 10.2.